The maximum absolute atomic E-state index is 13.4. The highest BCUT2D eigenvalue weighted by atomic mass is 19.1. The number of benzene rings is 1. The van der Waals surface area contributed by atoms with Crippen LogP contribution in [0.5, 0.6) is 0 Å². The van der Waals surface area contributed by atoms with Crippen LogP contribution >= 0.6 is 0 Å². The normalized spacial score (nSPS) is 17.5. The van der Waals surface area contributed by atoms with Gasteiger partial charge in [0.2, 0.25) is 11.9 Å². The number of anilines is 3. The number of aromatic nitrogens is 2. The highest BCUT2D eigenvalue weighted by Gasteiger charge is 2.32. The third kappa shape index (κ3) is 7.31. The molecular weight excluding hydrogens is 463 g/mol. The fourth-order valence-corrected chi connectivity index (χ4v) is 3.44. The van der Waals surface area contributed by atoms with Crippen molar-refractivity contribution in [1.29, 1.82) is 0 Å². The summed E-state index contributed by atoms with van der Waals surface area (Å²) in [4.78, 5) is 34.7. The summed E-state index contributed by atoms with van der Waals surface area (Å²) in [6, 6.07) is 5.40. The fourth-order valence-electron chi connectivity index (χ4n) is 3.44. The molecule has 1 aliphatic rings. The Hall–Kier alpha value is -3.87. The maximum Gasteiger partial charge on any atom is 0.410 e. The van der Waals surface area contributed by atoms with E-state index in [9.17, 15) is 14.0 Å². The minimum atomic E-state index is -0.653. The van der Waals surface area contributed by atoms with Crippen LogP contribution < -0.4 is 16.0 Å². The van der Waals surface area contributed by atoms with Gasteiger partial charge >= 0.3 is 6.09 Å². The number of nitrogens with zero attached hydrogens (tertiary/aromatic N) is 3. The number of amides is 2. The summed E-state index contributed by atoms with van der Waals surface area (Å²) in [5.41, 5.74) is 0.560. The first-order chi connectivity index (χ1) is 16.9. The van der Waals surface area contributed by atoms with Gasteiger partial charge in [-0.2, -0.15) is 4.98 Å². The van der Waals surface area contributed by atoms with Gasteiger partial charge in [0.25, 0.3) is 0 Å². The summed E-state index contributed by atoms with van der Waals surface area (Å²) in [7, 11) is 3.29. The summed E-state index contributed by atoms with van der Waals surface area (Å²) in [5.74, 6) is 6.75. The smallest absolute Gasteiger partial charge is 0.410 e. The Morgan fingerprint density at radius 2 is 2.00 bits per heavy atom. The molecule has 0 aliphatic heterocycles. The number of rotatable bonds is 6. The molecular formula is C26H33FN6O3. The number of carbonyl (C=O) groups is 2. The van der Waals surface area contributed by atoms with Crippen LogP contribution in [0.4, 0.5) is 26.6 Å². The van der Waals surface area contributed by atoms with Gasteiger partial charge in [0.05, 0.1) is 11.8 Å². The highest BCUT2D eigenvalue weighted by molar-refractivity contribution is 5.85. The van der Waals surface area contributed by atoms with E-state index in [-0.39, 0.29) is 23.7 Å². The van der Waals surface area contributed by atoms with Crippen molar-refractivity contribution in [3.63, 3.8) is 0 Å². The number of carbonyl (C=O) groups excluding carboxylic acids is 2. The second-order valence-corrected chi connectivity index (χ2v) is 9.75. The van der Waals surface area contributed by atoms with Crippen molar-refractivity contribution in [1.82, 2.24) is 20.2 Å². The first-order valence-electron chi connectivity index (χ1n) is 11.8. The molecule has 1 aromatic heterocycles. The Morgan fingerprint density at radius 3 is 2.64 bits per heavy atom. The molecule has 36 heavy (non-hydrogen) atoms. The molecule has 1 atom stereocenters. The van der Waals surface area contributed by atoms with E-state index >= 15 is 0 Å². The van der Waals surface area contributed by atoms with E-state index in [0.29, 0.717) is 23.0 Å². The molecule has 1 aromatic carbocycles. The summed E-state index contributed by atoms with van der Waals surface area (Å²) >= 11 is 0. The Labute approximate surface area is 211 Å². The molecule has 1 saturated carbocycles. The molecule has 0 bridgehead atoms. The number of hydrogen-bond acceptors (Lipinski definition) is 7. The summed E-state index contributed by atoms with van der Waals surface area (Å²) in [5, 5.41) is 8.95. The second kappa shape index (κ2) is 11.2. The average Bonchev–Trinajstić information content (AvgIpc) is 2.78. The van der Waals surface area contributed by atoms with Crippen LogP contribution in [-0.2, 0) is 9.53 Å². The lowest BCUT2D eigenvalue weighted by atomic mass is 9.80. The highest BCUT2D eigenvalue weighted by Crippen LogP contribution is 2.27. The molecule has 0 spiro atoms. The zero-order valence-corrected chi connectivity index (χ0v) is 21.5. The standard InChI is InChI=1S/C26H33FN6O3/c1-16(33(6)25(35)36-26(2,3)4)23(34)30-21-12-17(13-21)10-11-18-15-29-24(32-22(18)28-5)31-20-9-7-8-19(27)14-20/h7-9,14-17,21H,12-13H2,1-6H3,(H,30,34)(H2,28,29,31,32)/t16-,17?,21?/m0/s1. The molecule has 3 rings (SSSR count). The lowest BCUT2D eigenvalue weighted by Gasteiger charge is -2.34. The molecule has 9 nitrogen and oxygen atoms in total. The topological polar surface area (TPSA) is 108 Å². The average molecular weight is 497 g/mol. The van der Waals surface area contributed by atoms with Crippen LogP contribution in [0.2, 0.25) is 0 Å². The van der Waals surface area contributed by atoms with Crippen LogP contribution in [0.25, 0.3) is 0 Å². The Morgan fingerprint density at radius 1 is 1.28 bits per heavy atom. The van der Waals surface area contributed by atoms with Gasteiger partial charge in [0.1, 0.15) is 23.3 Å². The molecule has 1 heterocycles. The van der Waals surface area contributed by atoms with E-state index in [1.807, 2.05) is 0 Å². The van der Waals surface area contributed by atoms with Crippen molar-refractivity contribution in [3.8, 4) is 11.8 Å². The molecule has 3 N–H and O–H groups in total. The van der Waals surface area contributed by atoms with Gasteiger partial charge < -0.3 is 20.7 Å². The molecule has 1 fully saturated rings. The Balaban J connectivity index is 1.52. The fraction of sp³-hybridized carbons (Fsp3) is 0.462. The Bertz CT molecular complexity index is 1160. The summed E-state index contributed by atoms with van der Waals surface area (Å²) < 4.78 is 18.7. The Kier molecular flexibility index (Phi) is 8.35. The van der Waals surface area contributed by atoms with Crippen molar-refractivity contribution in [3.05, 3.63) is 41.8 Å². The zero-order valence-electron chi connectivity index (χ0n) is 21.5. The van der Waals surface area contributed by atoms with E-state index in [0.717, 1.165) is 12.8 Å². The summed E-state index contributed by atoms with van der Waals surface area (Å²) in [6.45, 7) is 7.01. The number of halogens is 1. The van der Waals surface area contributed by atoms with Gasteiger partial charge in [-0.25, -0.2) is 14.2 Å². The van der Waals surface area contributed by atoms with E-state index in [4.69, 9.17) is 4.74 Å². The molecule has 10 heteroatoms. The number of hydrogen-bond donors (Lipinski definition) is 3. The van der Waals surface area contributed by atoms with Gasteiger partial charge in [-0.15, -0.1) is 0 Å². The molecule has 1 aliphatic carbocycles. The van der Waals surface area contributed by atoms with E-state index in [1.165, 1.54) is 17.0 Å². The molecule has 0 saturated heterocycles. The van der Waals surface area contributed by atoms with E-state index in [1.54, 1.807) is 60.1 Å². The lowest BCUT2D eigenvalue weighted by Crippen LogP contribution is -2.52. The van der Waals surface area contributed by atoms with Crippen LogP contribution in [0.1, 0.15) is 46.1 Å². The minimum Gasteiger partial charge on any atom is -0.444 e. The largest absolute Gasteiger partial charge is 0.444 e. The predicted molar refractivity (Wildman–Crippen MR) is 136 cm³/mol. The van der Waals surface area contributed by atoms with Gasteiger partial charge in [0, 0.05) is 31.7 Å². The summed E-state index contributed by atoms with van der Waals surface area (Å²) in [6.07, 6.45) is 2.51. The van der Waals surface area contributed by atoms with Crippen molar-refractivity contribution in [2.45, 2.75) is 58.2 Å². The molecule has 0 radical (unpaired) electrons. The maximum atomic E-state index is 13.4. The third-order valence-electron chi connectivity index (χ3n) is 5.64. The van der Waals surface area contributed by atoms with E-state index < -0.39 is 17.7 Å². The second-order valence-electron chi connectivity index (χ2n) is 9.75. The van der Waals surface area contributed by atoms with Crippen LogP contribution in [0, 0.1) is 23.6 Å². The predicted octanol–water partition coefficient (Wildman–Crippen LogP) is 3.90. The molecule has 2 amide bonds. The van der Waals surface area contributed by atoms with Crippen LogP contribution in [0.3, 0.4) is 0 Å². The van der Waals surface area contributed by atoms with Gasteiger partial charge in [-0.1, -0.05) is 17.9 Å². The van der Waals surface area contributed by atoms with Crippen LogP contribution in [-0.4, -0.2) is 58.6 Å². The number of nitrogens with one attached hydrogen (secondary N) is 3. The van der Waals surface area contributed by atoms with Gasteiger partial charge in [-0.05, 0) is 58.7 Å². The lowest BCUT2D eigenvalue weighted by molar-refractivity contribution is -0.126. The quantitative estimate of drug-likeness (QED) is 0.521. The number of likely N-dealkylation sites (N-methyl/N-ethyl adjacent to an activating group) is 1. The van der Waals surface area contributed by atoms with Crippen LogP contribution in [0.15, 0.2) is 30.5 Å². The van der Waals surface area contributed by atoms with Crippen molar-refractivity contribution < 1.29 is 18.7 Å². The third-order valence-corrected chi connectivity index (χ3v) is 5.64. The molecule has 0 unspecified atom stereocenters. The zero-order chi connectivity index (χ0) is 26.5. The first-order valence-corrected chi connectivity index (χ1v) is 11.8. The SMILES string of the molecule is CNc1nc(Nc2cccc(F)c2)ncc1C#CC1CC(NC(=O)[C@H](C)N(C)C(=O)OC(C)(C)C)C1. The van der Waals surface area contributed by atoms with Crippen molar-refractivity contribution in [2.24, 2.45) is 5.92 Å². The minimum absolute atomic E-state index is 0.00384. The molecule has 192 valence electrons. The van der Waals surface area contributed by atoms with E-state index in [2.05, 4.69) is 37.8 Å². The molecule has 2 aromatic rings. The van der Waals surface area contributed by atoms with Crippen molar-refractivity contribution in [2.75, 3.05) is 24.7 Å². The van der Waals surface area contributed by atoms with Gasteiger partial charge in [0.15, 0.2) is 0 Å². The monoisotopic (exact) mass is 496 g/mol. The first kappa shape index (κ1) is 26.7. The number of ether oxygens (including phenoxy) is 1. The van der Waals surface area contributed by atoms with Crippen molar-refractivity contribution >= 4 is 29.5 Å². The van der Waals surface area contributed by atoms with Gasteiger partial charge in [-0.3, -0.25) is 9.69 Å².